The van der Waals surface area contributed by atoms with Gasteiger partial charge in [0.05, 0.1) is 23.3 Å². The van der Waals surface area contributed by atoms with Crippen LogP contribution in [0.4, 0.5) is 4.39 Å². The molecule has 0 radical (unpaired) electrons. The summed E-state index contributed by atoms with van der Waals surface area (Å²) in [6, 6.07) is 0. The Morgan fingerprint density at radius 1 is 1.56 bits per heavy atom. The molecule has 1 aliphatic carbocycles. The Balaban J connectivity index is 3.28. The van der Waals surface area contributed by atoms with Gasteiger partial charge in [-0.1, -0.05) is 0 Å². The zero-order valence-electron chi connectivity index (χ0n) is 9.20. The molecule has 1 N–H and O–H groups in total. The van der Waals surface area contributed by atoms with E-state index in [4.69, 9.17) is 5.11 Å². The molecule has 2 atom stereocenters. The number of aliphatic carboxylic acids is 1. The maximum atomic E-state index is 13.3. The average molecular weight is 260 g/mol. The Morgan fingerprint density at radius 3 is 2.50 bits per heavy atom. The maximum Gasteiger partial charge on any atom is 0.307 e. The lowest BCUT2D eigenvalue weighted by molar-refractivity contribution is -0.561. The van der Waals surface area contributed by atoms with E-state index in [1.165, 1.54) is 0 Å². The highest BCUT2D eigenvalue weighted by atomic mass is 19.1. The van der Waals surface area contributed by atoms with Crippen molar-refractivity contribution < 1.29 is 24.1 Å². The predicted molar refractivity (Wildman–Crippen MR) is 55.4 cm³/mol. The van der Waals surface area contributed by atoms with E-state index in [2.05, 4.69) is 0 Å². The lowest BCUT2D eigenvalue weighted by atomic mass is 9.79. The summed E-state index contributed by atoms with van der Waals surface area (Å²) in [5.41, 5.74) is -3.04. The second kappa shape index (κ2) is 4.51. The van der Waals surface area contributed by atoms with Crippen molar-refractivity contribution in [3.63, 3.8) is 0 Å². The monoisotopic (exact) mass is 260 g/mol. The van der Waals surface area contributed by atoms with Crippen molar-refractivity contribution in [3.05, 3.63) is 43.9 Å². The molecule has 0 spiro atoms. The summed E-state index contributed by atoms with van der Waals surface area (Å²) < 4.78 is 13.3. The highest BCUT2D eigenvalue weighted by molar-refractivity contribution is 5.68. The minimum Gasteiger partial charge on any atom is -0.481 e. The molecule has 2 unspecified atom stereocenters. The van der Waals surface area contributed by atoms with Gasteiger partial charge in [-0.2, -0.15) is 4.39 Å². The number of allylic oxidation sites excluding steroid dienone is 1. The van der Waals surface area contributed by atoms with Crippen LogP contribution < -0.4 is 0 Å². The summed E-state index contributed by atoms with van der Waals surface area (Å²) in [5.74, 6) is -3.89. The van der Waals surface area contributed by atoms with Crippen molar-refractivity contribution in [2.75, 3.05) is 0 Å². The number of hydrogen-bond acceptors (Lipinski definition) is 5. The highest BCUT2D eigenvalue weighted by Gasteiger charge is 2.50. The third kappa shape index (κ3) is 2.34. The van der Waals surface area contributed by atoms with Gasteiger partial charge in [-0.15, -0.1) is 0 Å². The Morgan fingerprint density at radius 2 is 2.11 bits per heavy atom. The summed E-state index contributed by atoms with van der Waals surface area (Å²) >= 11 is 0. The summed E-state index contributed by atoms with van der Waals surface area (Å²) in [4.78, 5) is 30.1. The van der Waals surface area contributed by atoms with E-state index in [1.807, 2.05) is 0 Å². The van der Waals surface area contributed by atoms with Gasteiger partial charge < -0.3 is 5.11 Å². The van der Waals surface area contributed by atoms with Gasteiger partial charge in [0.25, 0.3) is 5.54 Å². The second-order valence-corrected chi connectivity index (χ2v) is 3.99. The molecular formula is C9H9FN2O6. The SMILES string of the molecule is CC1([N+](=O)[O-])C=C([N+](=O)[O-])C(F)=CC1CC(=O)O. The standard InChI is InChI=1S/C9H9FN2O6/c1-9(12(17)18)4-7(11(15)16)6(10)2-5(9)3-8(13)14/h2,4-5H,3H2,1H3,(H,13,14). The molecule has 9 heteroatoms. The van der Waals surface area contributed by atoms with Crippen molar-refractivity contribution in [1.29, 1.82) is 0 Å². The lowest BCUT2D eigenvalue weighted by Gasteiger charge is -2.26. The first-order chi connectivity index (χ1) is 8.18. The number of carboxylic acid groups (broad SMARTS) is 1. The van der Waals surface area contributed by atoms with Crippen molar-refractivity contribution >= 4 is 5.97 Å². The van der Waals surface area contributed by atoms with Crippen LogP contribution in [-0.4, -0.2) is 26.5 Å². The first-order valence-electron chi connectivity index (χ1n) is 4.79. The van der Waals surface area contributed by atoms with E-state index in [0.29, 0.717) is 12.2 Å². The smallest absolute Gasteiger partial charge is 0.307 e. The number of carboxylic acids is 1. The Bertz CT molecular complexity index is 485. The van der Waals surface area contributed by atoms with Crippen LogP contribution >= 0.6 is 0 Å². The van der Waals surface area contributed by atoms with Crippen molar-refractivity contribution in [2.24, 2.45) is 5.92 Å². The highest BCUT2D eigenvalue weighted by Crippen LogP contribution is 2.36. The van der Waals surface area contributed by atoms with E-state index in [-0.39, 0.29) is 0 Å². The first kappa shape index (κ1) is 13.7. The minimum absolute atomic E-state index is 0.552. The molecule has 0 amide bonds. The van der Waals surface area contributed by atoms with E-state index in [1.54, 1.807) is 0 Å². The zero-order chi connectivity index (χ0) is 14.1. The summed E-state index contributed by atoms with van der Waals surface area (Å²) in [6.45, 7) is 1.02. The van der Waals surface area contributed by atoms with Gasteiger partial charge in [0.1, 0.15) is 0 Å². The van der Waals surface area contributed by atoms with Gasteiger partial charge >= 0.3 is 11.7 Å². The third-order valence-electron chi connectivity index (χ3n) is 2.76. The Kier molecular flexibility index (Phi) is 3.44. The normalized spacial score (nSPS) is 27.1. The minimum atomic E-state index is -2.02. The second-order valence-electron chi connectivity index (χ2n) is 3.99. The number of hydrogen-bond donors (Lipinski definition) is 1. The lowest BCUT2D eigenvalue weighted by Crippen LogP contribution is -2.43. The molecule has 0 saturated carbocycles. The van der Waals surface area contributed by atoms with Gasteiger partial charge in [0.15, 0.2) is 5.83 Å². The quantitative estimate of drug-likeness (QED) is 0.597. The van der Waals surface area contributed by atoms with Crippen LogP contribution in [0.5, 0.6) is 0 Å². The molecule has 0 bridgehead atoms. The van der Waals surface area contributed by atoms with Gasteiger partial charge in [-0.25, -0.2) is 0 Å². The Labute approximate surface area is 99.7 Å². The van der Waals surface area contributed by atoms with Crippen LogP contribution in [0.15, 0.2) is 23.7 Å². The molecule has 0 fully saturated rings. The summed E-state index contributed by atoms with van der Waals surface area (Å²) in [5, 5.41) is 30.1. The van der Waals surface area contributed by atoms with E-state index in [0.717, 1.165) is 6.92 Å². The number of nitro groups is 2. The third-order valence-corrected chi connectivity index (χ3v) is 2.76. The fourth-order valence-corrected chi connectivity index (χ4v) is 1.67. The molecule has 0 aromatic carbocycles. The molecule has 0 aliphatic heterocycles. The van der Waals surface area contributed by atoms with Crippen molar-refractivity contribution in [3.8, 4) is 0 Å². The first-order valence-corrected chi connectivity index (χ1v) is 4.79. The maximum absolute atomic E-state index is 13.3. The molecule has 0 heterocycles. The molecule has 0 saturated heterocycles. The van der Waals surface area contributed by atoms with Crippen LogP contribution in [0, 0.1) is 26.1 Å². The van der Waals surface area contributed by atoms with Gasteiger partial charge in [-0.3, -0.25) is 25.0 Å². The van der Waals surface area contributed by atoms with Crippen LogP contribution in [0.3, 0.4) is 0 Å². The molecule has 1 aliphatic rings. The molecule has 8 nitrogen and oxygen atoms in total. The molecule has 1 rings (SSSR count). The fourth-order valence-electron chi connectivity index (χ4n) is 1.67. The average Bonchev–Trinajstić information content (AvgIpc) is 2.21. The van der Waals surface area contributed by atoms with E-state index >= 15 is 0 Å². The van der Waals surface area contributed by atoms with Crippen LogP contribution in [-0.2, 0) is 4.79 Å². The number of halogens is 1. The van der Waals surface area contributed by atoms with E-state index in [9.17, 15) is 29.4 Å². The number of carbonyl (C=O) groups is 1. The van der Waals surface area contributed by atoms with Gasteiger partial charge in [0.2, 0.25) is 0 Å². The number of nitrogens with zero attached hydrogens (tertiary/aromatic N) is 2. The van der Waals surface area contributed by atoms with Crippen LogP contribution in [0.2, 0.25) is 0 Å². The van der Waals surface area contributed by atoms with E-state index < -0.39 is 45.2 Å². The predicted octanol–water partition coefficient (Wildman–Crippen LogP) is 1.14. The zero-order valence-corrected chi connectivity index (χ0v) is 9.20. The molecule has 98 valence electrons. The van der Waals surface area contributed by atoms with Crippen molar-refractivity contribution in [1.82, 2.24) is 0 Å². The molecular weight excluding hydrogens is 251 g/mol. The number of rotatable bonds is 4. The topological polar surface area (TPSA) is 124 Å². The van der Waals surface area contributed by atoms with Gasteiger partial charge in [-0.05, 0) is 6.08 Å². The van der Waals surface area contributed by atoms with Crippen molar-refractivity contribution in [2.45, 2.75) is 18.9 Å². The Hall–Kier alpha value is -2.32. The summed E-state index contributed by atoms with van der Waals surface area (Å²) in [7, 11) is 0. The molecule has 0 aromatic heterocycles. The molecule has 0 aromatic rings. The largest absolute Gasteiger partial charge is 0.481 e. The van der Waals surface area contributed by atoms with Gasteiger partial charge in [0, 0.05) is 11.8 Å². The van der Waals surface area contributed by atoms with Crippen LogP contribution in [0.1, 0.15) is 13.3 Å². The summed E-state index contributed by atoms with van der Waals surface area (Å²) in [6.07, 6.45) is 0.484. The fraction of sp³-hybridized carbons (Fsp3) is 0.444. The molecule has 18 heavy (non-hydrogen) atoms. The van der Waals surface area contributed by atoms with Crippen LogP contribution in [0.25, 0.3) is 0 Å².